The van der Waals surface area contributed by atoms with E-state index >= 15 is 0 Å². The number of hydrogen-bond donors (Lipinski definition) is 1. The molecule has 0 saturated heterocycles. The first-order valence-electron chi connectivity index (χ1n) is 5.71. The van der Waals surface area contributed by atoms with E-state index in [1.807, 2.05) is 18.2 Å². The monoisotopic (exact) mass is 247 g/mol. The summed E-state index contributed by atoms with van der Waals surface area (Å²) in [6.45, 7) is 2.92. The molecule has 0 bridgehead atoms. The minimum Gasteiger partial charge on any atom is -0.454 e. The predicted octanol–water partition coefficient (Wildman–Crippen LogP) is 1.65. The summed E-state index contributed by atoms with van der Waals surface area (Å²) in [5.41, 5.74) is 1.13. The van der Waals surface area contributed by atoms with Crippen LogP contribution >= 0.6 is 0 Å². The second-order valence-electron chi connectivity index (χ2n) is 4.06. The first-order chi connectivity index (χ1) is 8.83. The van der Waals surface area contributed by atoms with Crippen molar-refractivity contribution in [2.75, 3.05) is 6.79 Å². The Morgan fingerprint density at radius 1 is 1.33 bits per heavy atom. The smallest absolute Gasteiger partial charge is 0.231 e. The molecule has 2 heterocycles. The van der Waals surface area contributed by atoms with Gasteiger partial charge in [-0.05, 0) is 24.6 Å². The number of ether oxygens (including phenoxy) is 2. The van der Waals surface area contributed by atoms with Crippen molar-refractivity contribution >= 4 is 0 Å². The zero-order valence-corrected chi connectivity index (χ0v) is 9.92. The van der Waals surface area contributed by atoms with Crippen LogP contribution in [-0.2, 0) is 6.54 Å². The zero-order valence-electron chi connectivity index (χ0n) is 9.92. The van der Waals surface area contributed by atoms with Gasteiger partial charge in [-0.15, -0.1) is 0 Å². The Bertz CT molecular complexity index is 527. The third-order valence-corrected chi connectivity index (χ3v) is 2.87. The average Bonchev–Trinajstić information content (AvgIpc) is 3.05. The van der Waals surface area contributed by atoms with Gasteiger partial charge in [0.05, 0.1) is 6.54 Å². The number of fused-ring (bicyclic) bond motifs is 1. The summed E-state index contributed by atoms with van der Waals surface area (Å²) in [5, 5.41) is 7.06. The van der Waals surface area contributed by atoms with Gasteiger partial charge in [-0.25, -0.2) is 0 Å². The molecule has 1 unspecified atom stereocenters. The second kappa shape index (κ2) is 4.66. The molecule has 6 heteroatoms. The molecule has 1 aromatic heterocycles. The highest BCUT2D eigenvalue weighted by atomic mass is 16.7. The van der Waals surface area contributed by atoms with E-state index in [1.165, 1.54) is 6.39 Å². The van der Waals surface area contributed by atoms with E-state index in [-0.39, 0.29) is 6.04 Å². The maximum Gasteiger partial charge on any atom is 0.231 e. The van der Waals surface area contributed by atoms with E-state index in [1.54, 1.807) is 0 Å². The Morgan fingerprint density at radius 3 is 3.06 bits per heavy atom. The van der Waals surface area contributed by atoms with E-state index in [0.717, 1.165) is 17.1 Å². The molecular weight excluding hydrogens is 234 g/mol. The fourth-order valence-corrected chi connectivity index (χ4v) is 1.82. The summed E-state index contributed by atoms with van der Waals surface area (Å²) in [7, 11) is 0. The van der Waals surface area contributed by atoms with Gasteiger partial charge < -0.3 is 19.3 Å². The lowest BCUT2D eigenvalue weighted by atomic mass is 10.1. The molecule has 0 fully saturated rings. The molecule has 1 aliphatic heterocycles. The third-order valence-electron chi connectivity index (χ3n) is 2.87. The second-order valence-corrected chi connectivity index (χ2v) is 4.06. The molecular formula is C12H13N3O3. The highest BCUT2D eigenvalue weighted by Gasteiger charge is 2.15. The van der Waals surface area contributed by atoms with Crippen LogP contribution in [0.15, 0.2) is 29.1 Å². The Labute approximate surface area is 104 Å². The molecule has 1 aliphatic rings. The normalized spacial score (nSPS) is 14.7. The zero-order chi connectivity index (χ0) is 12.4. The van der Waals surface area contributed by atoms with Crippen molar-refractivity contribution in [3.8, 4) is 11.5 Å². The predicted molar refractivity (Wildman–Crippen MR) is 62.1 cm³/mol. The Balaban J connectivity index is 1.67. The van der Waals surface area contributed by atoms with Crippen LogP contribution in [0, 0.1) is 0 Å². The van der Waals surface area contributed by atoms with Gasteiger partial charge >= 0.3 is 0 Å². The molecule has 0 saturated carbocycles. The van der Waals surface area contributed by atoms with Gasteiger partial charge in [0.15, 0.2) is 17.3 Å². The summed E-state index contributed by atoms with van der Waals surface area (Å²) >= 11 is 0. The van der Waals surface area contributed by atoms with Crippen LogP contribution in [0.3, 0.4) is 0 Å². The van der Waals surface area contributed by atoms with Crippen LogP contribution in [0.4, 0.5) is 0 Å². The average molecular weight is 247 g/mol. The van der Waals surface area contributed by atoms with Crippen LogP contribution < -0.4 is 14.8 Å². The SMILES string of the molecule is CC(NCc1ncon1)c1ccc2c(c1)OCO2. The Morgan fingerprint density at radius 2 is 2.22 bits per heavy atom. The largest absolute Gasteiger partial charge is 0.454 e. The summed E-state index contributed by atoms with van der Waals surface area (Å²) < 4.78 is 15.3. The third kappa shape index (κ3) is 2.14. The number of hydrogen-bond acceptors (Lipinski definition) is 6. The Kier molecular flexibility index (Phi) is 2.85. The fraction of sp³-hybridized carbons (Fsp3) is 0.333. The number of rotatable bonds is 4. The molecule has 0 spiro atoms. The molecule has 3 rings (SSSR count). The lowest BCUT2D eigenvalue weighted by Gasteiger charge is -2.13. The summed E-state index contributed by atoms with van der Waals surface area (Å²) in [4.78, 5) is 3.95. The van der Waals surface area contributed by atoms with Gasteiger partial charge in [-0.1, -0.05) is 11.2 Å². The topological polar surface area (TPSA) is 69.4 Å². The summed E-state index contributed by atoms with van der Waals surface area (Å²) in [6.07, 6.45) is 1.32. The van der Waals surface area contributed by atoms with Crippen molar-refractivity contribution in [3.63, 3.8) is 0 Å². The van der Waals surface area contributed by atoms with E-state index in [2.05, 4.69) is 26.9 Å². The van der Waals surface area contributed by atoms with Crippen molar-refractivity contribution in [3.05, 3.63) is 36.0 Å². The van der Waals surface area contributed by atoms with Gasteiger partial charge in [0.2, 0.25) is 13.2 Å². The standard InChI is InChI=1S/C12H13N3O3/c1-8(13-5-12-14-6-18-15-12)9-2-3-10-11(4-9)17-7-16-10/h2-4,6,8,13H,5,7H2,1H3. The van der Waals surface area contributed by atoms with E-state index in [0.29, 0.717) is 19.2 Å². The maximum absolute atomic E-state index is 5.35. The van der Waals surface area contributed by atoms with Crippen molar-refractivity contribution in [2.24, 2.45) is 0 Å². The molecule has 1 aromatic carbocycles. The number of benzene rings is 1. The quantitative estimate of drug-likeness (QED) is 0.885. The van der Waals surface area contributed by atoms with Crippen molar-refractivity contribution in [1.29, 1.82) is 0 Å². The van der Waals surface area contributed by atoms with Gasteiger partial charge in [-0.2, -0.15) is 4.98 Å². The molecule has 2 aromatic rings. The van der Waals surface area contributed by atoms with Gasteiger partial charge in [-0.3, -0.25) is 0 Å². The van der Waals surface area contributed by atoms with Gasteiger partial charge in [0, 0.05) is 6.04 Å². The fourth-order valence-electron chi connectivity index (χ4n) is 1.82. The van der Waals surface area contributed by atoms with Crippen LogP contribution in [0.5, 0.6) is 11.5 Å². The van der Waals surface area contributed by atoms with Gasteiger partial charge in [0.25, 0.3) is 0 Å². The highest BCUT2D eigenvalue weighted by Crippen LogP contribution is 2.34. The van der Waals surface area contributed by atoms with Crippen LogP contribution in [-0.4, -0.2) is 16.9 Å². The molecule has 0 radical (unpaired) electrons. The molecule has 1 atom stereocenters. The Hall–Kier alpha value is -2.08. The molecule has 0 aliphatic carbocycles. The van der Waals surface area contributed by atoms with Crippen LogP contribution in [0.25, 0.3) is 0 Å². The first-order valence-corrected chi connectivity index (χ1v) is 5.71. The van der Waals surface area contributed by atoms with Crippen LogP contribution in [0.1, 0.15) is 24.4 Å². The lowest BCUT2D eigenvalue weighted by Crippen LogP contribution is -2.18. The number of nitrogens with one attached hydrogen (secondary N) is 1. The molecule has 6 nitrogen and oxygen atoms in total. The molecule has 0 amide bonds. The molecule has 94 valence electrons. The number of aromatic nitrogens is 2. The van der Waals surface area contributed by atoms with E-state index in [9.17, 15) is 0 Å². The van der Waals surface area contributed by atoms with E-state index < -0.39 is 0 Å². The summed E-state index contributed by atoms with van der Waals surface area (Å²) in [6, 6.07) is 6.08. The van der Waals surface area contributed by atoms with Crippen molar-refractivity contribution < 1.29 is 14.0 Å². The van der Waals surface area contributed by atoms with Crippen molar-refractivity contribution in [1.82, 2.24) is 15.5 Å². The summed E-state index contributed by atoms with van der Waals surface area (Å²) in [5.74, 6) is 2.23. The molecule has 18 heavy (non-hydrogen) atoms. The van der Waals surface area contributed by atoms with Gasteiger partial charge in [0.1, 0.15) is 0 Å². The lowest BCUT2D eigenvalue weighted by molar-refractivity contribution is 0.174. The number of nitrogens with zero attached hydrogens (tertiary/aromatic N) is 2. The highest BCUT2D eigenvalue weighted by molar-refractivity contribution is 5.45. The first kappa shape index (κ1) is 11.0. The van der Waals surface area contributed by atoms with Crippen molar-refractivity contribution in [2.45, 2.75) is 19.5 Å². The van der Waals surface area contributed by atoms with E-state index in [4.69, 9.17) is 9.47 Å². The molecule has 1 N–H and O–H groups in total. The maximum atomic E-state index is 5.35. The minimum atomic E-state index is 0.165. The van der Waals surface area contributed by atoms with Crippen LogP contribution in [0.2, 0.25) is 0 Å². The minimum absolute atomic E-state index is 0.165.